The quantitative estimate of drug-likeness (QED) is 0.751. The molecule has 2 aromatic carbocycles. The summed E-state index contributed by atoms with van der Waals surface area (Å²) in [4.78, 5) is 15.3. The first kappa shape index (κ1) is 18.6. The van der Waals surface area contributed by atoms with Gasteiger partial charge in [0.2, 0.25) is 5.91 Å². The molecule has 0 saturated carbocycles. The molecule has 3 rings (SSSR count). The third-order valence-electron chi connectivity index (χ3n) is 4.74. The van der Waals surface area contributed by atoms with Gasteiger partial charge in [-0.15, -0.1) is 11.8 Å². The van der Waals surface area contributed by atoms with Gasteiger partial charge >= 0.3 is 0 Å². The molecule has 0 unspecified atom stereocenters. The summed E-state index contributed by atoms with van der Waals surface area (Å²) in [5.41, 5.74) is 2.12. The molecule has 4 nitrogen and oxygen atoms in total. The van der Waals surface area contributed by atoms with Crippen LogP contribution in [0, 0.1) is 0 Å². The number of rotatable bonds is 6. The van der Waals surface area contributed by atoms with Crippen LogP contribution in [0.4, 0.5) is 0 Å². The summed E-state index contributed by atoms with van der Waals surface area (Å²) < 4.78 is 10.8. The zero-order valence-corrected chi connectivity index (χ0v) is 16.3. The normalized spacial score (nSPS) is 17.8. The molecule has 0 spiro atoms. The van der Waals surface area contributed by atoms with Crippen molar-refractivity contribution in [2.45, 2.75) is 24.6 Å². The van der Waals surface area contributed by atoms with Crippen LogP contribution >= 0.6 is 11.8 Å². The van der Waals surface area contributed by atoms with Crippen molar-refractivity contribution in [3.63, 3.8) is 0 Å². The fourth-order valence-corrected chi connectivity index (χ4v) is 4.63. The van der Waals surface area contributed by atoms with E-state index in [1.807, 2.05) is 53.4 Å². The van der Waals surface area contributed by atoms with Crippen LogP contribution in [-0.2, 0) is 4.79 Å². The molecule has 0 radical (unpaired) electrons. The van der Waals surface area contributed by atoms with Crippen LogP contribution in [-0.4, -0.2) is 37.3 Å². The second-order valence-corrected chi connectivity index (χ2v) is 7.46. The Kier molecular flexibility index (Phi) is 6.09. The molecule has 0 bridgehead atoms. The highest BCUT2D eigenvalue weighted by molar-refractivity contribution is 7.99. The van der Waals surface area contributed by atoms with Crippen LogP contribution in [0.3, 0.4) is 0 Å². The van der Waals surface area contributed by atoms with Gasteiger partial charge in [0.25, 0.3) is 0 Å². The van der Waals surface area contributed by atoms with Gasteiger partial charge in [0.05, 0.1) is 20.1 Å². The Hall–Kier alpha value is -2.14. The maximum atomic E-state index is 13.3. The third-order valence-corrected chi connectivity index (χ3v) is 6.00. The summed E-state index contributed by atoms with van der Waals surface area (Å²) in [5, 5.41) is -0.00994. The molecular weight excluding hydrogens is 346 g/mol. The van der Waals surface area contributed by atoms with Gasteiger partial charge in [0, 0.05) is 18.4 Å². The molecule has 0 aliphatic carbocycles. The van der Waals surface area contributed by atoms with Crippen molar-refractivity contribution in [3.05, 3.63) is 59.7 Å². The summed E-state index contributed by atoms with van der Waals surface area (Å²) in [6.45, 7) is 2.83. The molecule has 1 heterocycles. The molecule has 2 aromatic rings. The van der Waals surface area contributed by atoms with Gasteiger partial charge in [-0.05, 0) is 29.7 Å². The van der Waals surface area contributed by atoms with Crippen molar-refractivity contribution in [1.29, 1.82) is 0 Å². The zero-order valence-electron chi connectivity index (χ0n) is 15.5. The van der Waals surface area contributed by atoms with E-state index < -0.39 is 0 Å². The molecule has 5 heteroatoms. The van der Waals surface area contributed by atoms with Crippen molar-refractivity contribution >= 4 is 17.7 Å². The predicted molar refractivity (Wildman–Crippen MR) is 106 cm³/mol. The van der Waals surface area contributed by atoms with Gasteiger partial charge in [-0.1, -0.05) is 37.3 Å². The largest absolute Gasteiger partial charge is 0.497 e. The maximum Gasteiger partial charge on any atom is 0.231 e. The highest BCUT2D eigenvalue weighted by Crippen LogP contribution is 2.42. The zero-order chi connectivity index (χ0) is 18.5. The van der Waals surface area contributed by atoms with E-state index in [-0.39, 0.29) is 17.2 Å². The predicted octanol–water partition coefficient (Wildman–Crippen LogP) is 4.47. The van der Waals surface area contributed by atoms with Crippen LogP contribution in [0.1, 0.15) is 35.8 Å². The summed E-state index contributed by atoms with van der Waals surface area (Å²) in [6.07, 6.45) is 0.790. The second kappa shape index (κ2) is 8.49. The van der Waals surface area contributed by atoms with Gasteiger partial charge in [0.15, 0.2) is 0 Å². The van der Waals surface area contributed by atoms with Crippen LogP contribution in [0.15, 0.2) is 48.5 Å². The number of benzene rings is 2. The lowest BCUT2D eigenvalue weighted by molar-refractivity contribution is -0.133. The Morgan fingerprint density at radius 2 is 1.81 bits per heavy atom. The Morgan fingerprint density at radius 3 is 2.38 bits per heavy atom. The highest BCUT2D eigenvalue weighted by Gasteiger charge is 2.35. The van der Waals surface area contributed by atoms with E-state index in [1.165, 1.54) is 0 Å². The first-order valence-corrected chi connectivity index (χ1v) is 9.92. The molecule has 26 heavy (non-hydrogen) atoms. The summed E-state index contributed by atoms with van der Waals surface area (Å²) >= 11 is 1.79. The molecule has 0 aromatic heterocycles. The van der Waals surface area contributed by atoms with Crippen molar-refractivity contribution in [1.82, 2.24) is 4.90 Å². The minimum atomic E-state index is -0.107. The van der Waals surface area contributed by atoms with Gasteiger partial charge in [-0.3, -0.25) is 4.79 Å². The minimum absolute atomic E-state index is 0.00994. The number of carbonyl (C=O) groups excluding carboxylic acids is 1. The number of carbonyl (C=O) groups is 1. The highest BCUT2D eigenvalue weighted by atomic mass is 32.2. The fraction of sp³-hybridized carbons (Fsp3) is 0.381. The molecule has 0 N–H and O–H groups in total. The standard InChI is InChI=1S/C21H25NO3S/c1-4-19(15-8-6-5-7-9-15)20(23)22-10-11-26-21(22)16-12-17(24-2)14-18(13-16)25-3/h5-9,12-14,19,21H,4,10-11H2,1-3H3/t19-,21-/m1/s1. The first-order chi connectivity index (χ1) is 12.7. The van der Waals surface area contributed by atoms with E-state index in [2.05, 4.69) is 6.92 Å². The lowest BCUT2D eigenvalue weighted by Crippen LogP contribution is -2.34. The van der Waals surface area contributed by atoms with E-state index in [4.69, 9.17) is 9.47 Å². The van der Waals surface area contributed by atoms with Crippen LogP contribution in [0.25, 0.3) is 0 Å². The van der Waals surface area contributed by atoms with Crippen LogP contribution in [0.5, 0.6) is 11.5 Å². The lowest BCUT2D eigenvalue weighted by atomic mass is 9.95. The van der Waals surface area contributed by atoms with Crippen LogP contribution < -0.4 is 9.47 Å². The Balaban J connectivity index is 1.89. The minimum Gasteiger partial charge on any atom is -0.497 e. The van der Waals surface area contributed by atoms with Crippen LogP contribution in [0.2, 0.25) is 0 Å². The molecular formula is C21H25NO3S. The van der Waals surface area contributed by atoms with Gasteiger partial charge < -0.3 is 14.4 Å². The van der Waals surface area contributed by atoms with Crippen molar-refractivity contribution < 1.29 is 14.3 Å². The average molecular weight is 372 g/mol. The van der Waals surface area contributed by atoms with E-state index in [0.29, 0.717) is 0 Å². The molecule has 1 aliphatic heterocycles. The second-order valence-electron chi connectivity index (χ2n) is 6.27. The molecule has 1 amide bonds. The molecule has 1 saturated heterocycles. The first-order valence-electron chi connectivity index (χ1n) is 8.88. The Morgan fingerprint density at radius 1 is 1.15 bits per heavy atom. The lowest BCUT2D eigenvalue weighted by Gasteiger charge is -2.28. The van der Waals surface area contributed by atoms with Gasteiger partial charge in [-0.2, -0.15) is 0 Å². The number of amides is 1. The molecule has 138 valence electrons. The maximum absolute atomic E-state index is 13.3. The number of hydrogen-bond acceptors (Lipinski definition) is 4. The SMILES string of the molecule is CC[C@@H](C(=O)N1CCS[C@@H]1c1cc(OC)cc(OC)c1)c1ccccc1. The number of methoxy groups -OCH3 is 2. The van der Waals surface area contributed by atoms with E-state index >= 15 is 0 Å². The van der Waals surface area contributed by atoms with Gasteiger partial charge in [0.1, 0.15) is 16.9 Å². The third kappa shape index (κ3) is 3.83. The molecule has 1 aliphatic rings. The number of ether oxygens (including phenoxy) is 2. The summed E-state index contributed by atoms with van der Waals surface area (Å²) in [7, 11) is 3.29. The smallest absolute Gasteiger partial charge is 0.231 e. The van der Waals surface area contributed by atoms with E-state index in [0.717, 1.165) is 41.3 Å². The van der Waals surface area contributed by atoms with Crippen molar-refractivity contribution in [2.24, 2.45) is 0 Å². The Labute approximate surface area is 159 Å². The molecule has 2 atom stereocenters. The summed E-state index contributed by atoms with van der Waals surface area (Å²) in [6, 6.07) is 15.9. The molecule has 1 fully saturated rings. The average Bonchev–Trinajstić information content (AvgIpc) is 3.18. The van der Waals surface area contributed by atoms with E-state index in [1.54, 1.807) is 26.0 Å². The number of nitrogens with zero attached hydrogens (tertiary/aromatic N) is 1. The summed E-state index contributed by atoms with van der Waals surface area (Å²) in [5.74, 6) is 2.50. The van der Waals surface area contributed by atoms with Gasteiger partial charge in [-0.25, -0.2) is 0 Å². The fourth-order valence-electron chi connectivity index (χ4n) is 3.38. The van der Waals surface area contributed by atoms with Crippen molar-refractivity contribution in [3.8, 4) is 11.5 Å². The van der Waals surface area contributed by atoms with E-state index in [9.17, 15) is 4.79 Å². The monoisotopic (exact) mass is 371 g/mol. The number of thioether (sulfide) groups is 1. The number of hydrogen-bond donors (Lipinski definition) is 0. The Bertz CT molecular complexity index is 728. The van der Waals surface area contributed by atoms with Crippen molar-refractivity contribution in [2.75, 3.05) is 26.5 Å². The topological polar surface area (TPSA) is 38.8 Å².